The van der Waals surface area contributed by atoms with Crippen LogP contribution in [-0.2, 0) is 0 Å². The third-order valence-electron chi connectivity index (χ3n) is 2.53. The third-order valence-corrected chi connectivity index (χ3v) is 3.00. The molecule has 5 N–H and O–H groups in total. The van der Waals surface area contributed by atoms with Crippen molar-refractivity contribution < 1.29 is 5.11 Å². The first-order chi connectivity index (χ1) is 10.5. The van der Waals surface area contributed by atoms with Crippen LogP contribution in [0.4, 0.5) is 0 Å². The Kier molecular flexibility index (Phi) is 12.5. The van der Waals surface area contributed by atoms with Gasteiger partial charge in [-0.1, -0.05) is 0 Å². The highest BCUT2D eigenvalue weighted by atomic mass is 32.1. The molecule has 0 unspecified atom stereocenters. The van der Waals surface area contributed by atoms with E-state index in [9.17, 15) is 0 Å². The van der Waals surface area contributed by atoms with Crippen molar-refractivity contribution in [2.24, 2.45) is 10.2 Å². The molecule has 0 aliphatic heterocycles. The van der Waals surface area contributed by atoms with Crippen LogP contribution >= 0.6 is 24.4 Å². The van der Waals surface area contributed by atoms with Crippen molar-refractivity contribution in [1.82, 2.24) is 21.5 Å². The molecular weight excluding hydrogens is 320 g/mol. The first-order valence-corrected chi connectivity index (χ1v) is 8.16. The molecule has 0 aliphatic carbocycles. The average molecular weight is 347 g/mol. The van der Waals surface area contributed by atoms with Crippen molar-refractivity contribution in [1.29, 1.82) is 0 Å². The van der Waals surface area contributed by atoms with Gasteiger partial charge in [0.1, 0.15) is 0 Å². The van der Waals surface area contributed by atoms with Crippen LogP contribution in [0.15, 0.2) is 10.2 Å². The molecule has 7 nitrogen and oxygen atoms in total. The zero-order chi connectivity index (χ0) is 16.8. The molecule has 0 saturated heterocycles. The molecule has 0 amide bonds. The molecular formula is C13H26N6OS2. The predicted molar refractivity (Wildman–Crippen MR) is 100 cm³/mol. The van der Waals surface area contributed by atoms with Crippen molar-refractivity contribution in [2.45, 2.75) is 40.0 Å². The molecule has 0 rings (SSSR count). The summed E-state index contributed by atoms with van der Waals surface area (Å²) in [6.45, 7) is 7.38. The number of unbranched alkanes of at least 4 members (excludes halogenated alkanes) is 1. The largest absolute Gasteiger partial charge is 0.396 e. The van der Waals surface area contributed by atoms with Crippen LogP contribution in [0.3, 0.4) is 0 Å². The van der Waals surface area contributed by atoms with E-state index in [1.54, 1.807) is 0 Å². The minimum Gasteiger partial charge on any atom is -0.396 e. The van der Waals surface area contributed by atoms with E-state index in [-0.39, 0.29) is 6.61 Å². The van der Waals surface area contributed by atoms with Gasteiger partial charge in [-0.2, -0.15) is 10.2 Å². The number of aliphatic hydroxyl groups excluding tert-OH is 1. The van der Waals surface area contributed by atoms with E-state index in [0.717, 1.165) is 25.2 Å². The van der Waals surface area contributed by atoms with Crippen LogP contribution in [0, 0.1) is 0 Å². The Balaban J connectivity index is 4.73. The van der Waals surface area contributed by atoms with Crippen molar-refractivity contribution >= 4 is 46.1 Å². The summed E-state index contributed by atoms with van der Waals surface area (Å²) in [5.41, 5.74) is 7.04. The number of rotatable bonds is 9. The molecule has 0 bridgehead atoms. The standard InChI is InChI=1S/C13H26N6OS2/c1-4-14-12(21)18-16-10(3)11(8-6-7-9-20)17-19-13(22)15-5-2/h20H,4-9H2,1-3H3,(H2,14,18,21)(H2,15,19,22)/b16-10+,17-11+. The summed E-state index contributed by atoms with van der Waals surface area (Å²) in [6.07, 6.45) is 2.22. The van der Waals surface area contributed by atoms with Crippen LogP contribution in [0.2, 0.25) is 0 Å². The molecule has 9 heteroatoms. The van der Waals surface area contributed by atoms with Crippen molar-refractivity contribution in [3.05, 3.63) is 0 Å². The molecule has 0 atom stereocenters. The summed E-state index contributed by atoms with van der Waals surface area (Å²) in [5, 5.41) is 24.2. The van der Waals surface area contributed by atoms with Crippen LogP contribution in [0.1, 0.15) is 40.0 Å². The highest BCUT2D eigenvalue weighted by molar-refractivity contribution is 7.80. The number of hydrazone groups is 2. The molecule has 0 heterocycles. The Morgan fingerprint density at radius 1 is 0.955 bits per heavy atom. The maximum Gasteiger partial charge on any atom is 0.186 e. The van der Waals surface area contributed by atoms with Gasteiger partial charge in [-0.25, -0.2) is 0 Å². The Morgan fingerprint density at radius 2 is 1.50 bits per heavy atom. The van der Waals surface area contributed by atoms with E-state index >= 15 is 0 Å². The number of thiocarbonyl (C=S) groups is 2. The van der Waals surface area contributed by atoms with Crippen LogP contribution in [-0.4, -0.2) is 46.5 Å². The molecule has 126 valence electrons. The van der Waals surface area contributed by atoms with E-state index in [1.165, 1.54) is 0 Å². The zero-order valence-corrected chi connectivity index (χ0v) is 15.0. The molecule has 0 fully saturated rings. The van der Waals surface area contributed by atoms with Gasteiger partial charge >= 0.3 is 0 Å². The minimum atomic E-state index is 0.162. The number of nitrogens with zero attached hydrogens (tertiary/aromatic N) is 2. The van der Waals surface area contributed by atoms with Crippen molar-refractivity contribution in [3.8, 4) is 0 Å². The number of hydrogen-bond donors (Lipinski definition) is 5. The normalized spacial score (nSPS) is 11.8. The fourth-order valence-corrected chi connectivity index (χ4v) is 1.82. The lowest BCUT2D eigenvalue weighted by molar-refractivity contribution is 0.285. The van der Waals surface area contributed by atoms with Crippen molar-refractivity contribution in [2.75, 3.05) is 19.7 Å². The van der Waals surface area contributed by atoms with E-state index in [4.69, 9.17) is 29.5 Å². The maximum absolute atomic E-state index is 8.89. The fourth-order valence-electron chi connectivity index (χ4n) is 1.44. The SMILES string of the molecule is CCNC(=S)N/N=C(C)/C(CCCCO)=N/NC(=S)NCC. The fraction of sp³-hybridized carbons (Fsp3) is 0.692. The second kappa shape index (κ2) is 13.4. The first-order valence-electron chi connectivity index (χ1n) is 7.34. The summed E-state index contributed by atoms with van der Waals surface area (Å²) in [7, 11) is 0. The smallest absolute Gasteiger partial charge is 0.186 e. The molecule has 0 radical (unpaired) electrons. The average Bonchev–Trinajstić information content (AvgIpc) is 2.49. The molecule has 0 saturated carbocycles. The summed E-state index contributed by atoms with van der Waals surface area (Å²) in [5.74, 6) is 0. The molecule has 0 aromatic carbocycles. The van der Waals surface area contributed by atoms with Gasteiger partial charge in [0.2, 0.25) is 0 Å². The summed E-state index contributed by atoms with van der Waals surface area (Å²) in [4.78, 5) is 0. The van der Waals surface area contributed by atoms with Crippen LogP contribution < -0.4 is 21.5 Å². The van der Waals surface area contributed by atoms with E-state index in [0.29, 0.717) is 28.8 Å². The van der Waals surface area contributed by atoms with Gasteiger partial charge in [-0.05, 0) is 64.5 Å². The lowest BCUT2D eigenvalue weighted by atomic mass is 10.1. The van der Waals surface area contributed by atoms with E-state index < -0.39 is 0 Å². The Morgan fingerprint density at radius 3 is 2.00 bits per heavy atom. The monoisotopic (exact) mass is 346 g/mol. The molecule has 0 spiro atoms. The van der Waals surface area contributed by atoms with Crippen LogP contribution in [0.25, 0.3) is 0 Å². The van der Waals surface area contributed by atoms with Gasteiger partial charge in [0.15, 0.2) is 10.2 Å². The number of aliphatic hydroxyl groups is 1. The van der Waals surface area contributed by atoms with Crippen molar-refractivity contribution in [3.63, 3.8) is 0 Å². The quantitative estimate of drug-likeness (QED) is 0.183. The number of hydrogen-bond acceptors (Lipinski definition) is 5. The van der Waals surface area contributed by atoms with Gasteiger partial charge < -0.3 is 15.7 Å². The Labute approximate surface area is 143 Å². The Bertz CT molecular complexity index is 411. The molecule has 0 aromatic heterocycles. The molecule has 0 aromatic rings. The van der Waals surface area contributed by atoms with Gasteiger partial charge in [0.05, 0.1) is 11.4 Å². The van der Waals surface area contributed by atoms with E-state index in [1.807, 2.05) is 20.8 Å². The second-order valence-corrected chi connectivity index (χ2v) is 5.20. The van der Waals surface area contributed by atoms with Gasteiger partial charge in [-0.15, -0.1) is 0 Å². The molecule has 0 aliphatic rings. The zero-order valence-electron chi connectivity index (χ0n) is 13.4. The highest BCUT2D eigenvalue weighted by Crippen LogP contribution is 1.99. The minimum absolute atomic E-state index is 0.162. The first kappa shape index (κ1) is 20.7. The predicted octanol–water partition coefficient (Wildman–Crippen LogP) is 0.849. The third kappa shape index (κ3) is 10.4. The summed E-state index contributed by atoms with van der Waals surface area (Å²) < 4.78 is 0. The van der Waals surface area contributed by atoms with Gasteiger partial charge in [-0.3, -0.25) is 10.9 Å². The summed E-state index contributed by atoms with van der Waals surface area (Å²) >= 11 is 10.1. The maximum atomic E-state index is 8.89. The van der Waals surface area contributed by atoms with Gasteiger partial charge in [0.25, 0.3) is 0 Å². The Hall–Kier alpha value is -1.32. The highest BCUT2D eigenvalue weighted by Gasteiger charge is 2.06. The lowest BCUT2D eigenvalue weighted by Gasteiger charge is -2.10. The summed E-state index contributed by atoms with van der Waals surface area (Å²) in [6, 6.07) is 0. The second-order valence-electron chi connectivity index (χ2n) is 4.38. The topological polar surface area (TPSA) is 93.1 Å². The molecule has 22 heavy (non-hydrogen) atoms. The van der Waals surface area contributed by atoms with Crippen LogP contribution in [0.5, 0.6) is 0 Å². The lowest BCUT2D eigenvalue weighted by Crippen LogP contribution is -2.34. The van der Waals surface area contributed by atoms with Gasteiger partial charge in [0, 0.05) is 19.7 Å². The van der Waals surface area contributed by atoms with E-state index in [2.05, 4.69) is 31.7 Å². The number of nitrogens with one attached hydrogen (secondary N) is 4.